The van der Waals surface area contributed by atoms with Gasteiger partial charge in [-0.25, -0.2) is 0 Å². The van der Waals surface area contributed by atoms with Gasteiger partial charge >= 0.3 is 10.3 Å². The number of allylic oxidation sites excluding steroid dienone is 2. The van der Waals surface area contributed by atoms with Gasteiger partial charge in [0.25, 0.3) is 0 Å². The summed E-state index contributed by atoms with van der Waals surface area (Å²) in [6, 6.07) is 3.79. The molecule has 142 valence electrons. The molecule has 1 saturated carbocycles. The van der Waals surface area contributed by atoms with Crippen LogP contribution in [0.25, 0.3) is 0 Å². The third kappa shape index (κ3) is 2.83. The molecular formula is C20H27NO4S. The Morgan fingerprint density at radius 3 is 2.77 bits per heavy atom. The third-order valence-electron chi connectivity index (χ3n) is 6.97. The summed E-state index contributed by atoms with van der Waals surface area (Å²) in [5.74, 6) is 2.55. The van der Waals surface area contributed by atoms with Crippen molar-refractivity contribution in [1.82, 2.24) is 0 Å². The summed E-state index contributed by atoms with van der Waals surface area (Å²) < 4.78 is 33.1. The lowest BCUT2D eigenvalue weighted by Crippen LogP contribution is -2.41. The zero-order chi connectivity index (χ0) is 18.5. The molecule has 4 atom stereocenters. The number of rotatable bonds is 4. The van der Waals surface area contributed by atoms with Crippen molar-refractivity contribution in [3.05, 3.63) is 35.4 Å². The molecule has 0 saturated heterocycles. The number of hydrogen-bond acceptors (Lipinski definition) is 4. The number of ether oxygens (including phenoxy) is 1. The van der Waals surface area contributed by atoms with Crippen LogP contribution in [0.2, 0.25) is 0 Å². The summed E-state index contributed by atoms with van der Waals surface area (Å²) in [6.45, 7) is 2.32. The van der Waals surface area contributed by atoms with Gasteiger partial charge < -0.3 is 8.92 Å². The molecule has 0 bridgehead atoms. The number of hydrogen-bond donors (Lipinski definition) is 1. The summed E-state index contributed by atoms with van der Waals surface area (Å²) in [4.78, 5) is 0. The van der Waals surface area contributed by atoms with Gasteiger partial charge in [-0.05, 0) is 85.0 Å². The molecule has 1 fully saturated rings. The smallest absolute Gasteiger partial charge is 0.380 e. The van der Waals surface area contributed by atoms with Crippen LogP contribution in [0.3, 0.4) is 0 Å². The number of aryl methyl sites for hydroxylation is 1. The van der Waals surface area contributed by atoms with E-state index >= 15 is 0 Å². The lowest BCUT2D eigenvalue weighted by Gasteiger charge is -2.50. The fraction of sp³-hybridized carbons (Fsp3) is 0.600. The Kier molecular flexibility index (Phi) is 4.31. The maximum atomic E-state index is 11.4. The quantitative estimate of drug-likeness (QED) is 0.812. The third-order valence-corrected chi connectivity index (χ3v) is 7.38. The first-order valence-electron chi connectivity index (χ1n) is 9.47. The SMILES string of the molecule is CC[C@@]12C=CC[C@H]1[C@@H]1CCc3cc(OS(N)(=O)=O)c(OC)cc3[C@H]1CC2. The van der Waals surface area contributed by atoms with E-state index in [9.17, 15) is 8.42 Å². The molecule has 26 heavy (non-hydrogen) atoms. The highest BCUT2D eigenvalue weighted by Crippen LogP contribution is 2.60. The van der Waals surface area contributed by atoms with Gasteiger partial charge in [-0.1, -0.05) is 19.1 Å². The Bertz CT molecular complexity index is 848. The van der Waals surface area contributed by atoms with Crippen LogP contribution in [-0.4, -0.2) is 15.5 Å². The second-order valence-electron chi connectivity index (χ2n) is 7.96. The van der Waals surface area contributed by atoms with Gasteiger partial charge in [0, 0.05) is 0 Å². The molecule has 2 N–H and O–H groups in total. The van der Waals surface area contributed by atoms with Gasteiger partial charge in [0.2, 0.25) is 0 Å². The highest BCUT2D eigenvalue weighted by Gasteiger charge is 2.49. The number of fused-ring (bicyclic) bond motifs is 5. The fourth-order valence-corrected chi connectivity index (χ4v) is 6.17. The van der Waals surface area contributed by atoms with E-state index in [2.05, 4.69) is 19.1 Å². The van der Waals surface area contributed by atoms with Crippen molar-refractivity contribution in [2.75, 3.05) is 7.11 Å². The van der Waals surface area contributed by atoms with Crippen LogP contribution in [0.5, 0.6) is 11.5 Å². The number of methoxy groups -OCH3 is 1. The molecule has 0 spiro atoms. The van der Waals surface area contributed by atoms with Crippen molar-refractivity contribution < 1.29 is 17.3 Å². The second-order valence-corrected chi connectivity index (χ2v) is 9.11. The minimum atomic E-state index is -4.07. The molecule has 0 unspecified atom stereocenters. The van der Waals surface area contributed by atoms with Gasteiger partial charge in [-0.2, -0.15) is 13.6 Å². The van der Waals surface area contributed by atoms with Crippen molar-refractivity contribution in [3.8, 4) is 11.5 Å². The molecule has 5 nitrogen and oxygen atoms in total. The normalized spacial score (nSPS) is 32.5. The van der Waals surface area contributed by atoms with Crippen molar-refractivity contribution in [2.45, 2.75) is 51.4 Å². The zero-order valence-electron chi connectivity index (χ0n) is 15.4. The predicted molar refractivity (Wildman–Crippen MR) is 100 cm³/mol. The van der Waals surface area contributed by atoms with Crippen molar-refractivity contribution in [3.63, 3.8) is 0 Å². The van der Waals surface area contributed by atoms with E-state index in [4.69, 9.17) is 14.1 Å². The minimum absolute atomic E-state index is 0.188. The summed E-state index contributed by atoms with van der Waals surface area (Å²) in [6.07, 6.45) is 11.8. The Hall–Kier alpha value is -1.53. The summed E-state index contributed by atoms with van der Waals surface area (Å²) >= 11 is 0. The van der Waals surface area contributed by atoms with Gasteiger partial charge in [0.05, 0.1) is 7.11 Å². The molecule has 0 aromatic heterocycles. The van der Waals surface area contributed by atoms with Crippen LogP contribution in [0.1, 0.15) is 56.1 Å². The second kappa shape index (κ2) is 6.27. The average Bonchev–Trinajstić information content (AvgIpc) is 3.04. The van der Waals surface area contributed by atoms with Crippen LogP contribution in [0, 0.1) is 17.3 Å². The van der Waals surface area contributed by atoms with E-state index in [1.54, 1.807) is 0 Å². The van der Waals surface area contributed by atoms with Crippen molar-refractivity contribution >= 4 is 10.3 Å². The predicted octanol–water partition coefficient (Wildman–Crippen LogP) is 3.69. The van der Waals surface area contributed by atoms with Crippen LogP contribution in [-0.2, 0) is 16.7 Å². The molecule has 0 aliphatic heterocycles. The van der Waals surface area contributed by atoms with Gasteiger partial charge in [0.1, 0.15) is 0 Å². The standard InChI is InChI=1S/C20H27NO4S/c1-3-20-9-4-5-17(20)15-7-6-13-11-19(25-26(21,22)23)18(24-2)12-16(13)14(15)8-10-20/h4,9,11-12,14-15,17H,3,5-8,10H2,1-2H3,(H2,21,22,23)/t14-,15+,17-,20-/m0/s1. The molecular weight excluding hydrogens is 350 g/mol. The van der Waals surface area contributed by atoms with E-state index in [1.165, 1.54) is 43.9 Å². The van der Waals surface area contributed by atoms with E-state index in [1.807, 2.05) is 12.1 Å². The van der Waals surface area contributed by atoms with Crippen molar-refractivity contribution in [1.29, 1.82) is 0 Å². The highest BCUT2D eigenvalue weighted by molar-refractivity contribution is 7.84. The Morgan fingerprint density at radius 2 is 2.08 bits per heavy atom. The molecule has 0 heterocycles. The van der Waals surface area contributed by atoms with E-state index in [0.29, 0.717) is 23.0 Å². The van der Waals surface area contributed by atoms with Crippen LogP contribution < -0.4 is 14.1 Å². The summed E-state index contributed by atoms with van der Waals surface area (Å²) in [7, 11) is -2.54. The number of nitrogens with two attached hydrogens (primary N) is 1. The lowest BCUT2D eigenvalue weighted by atomic mass is 9.54. The van der Waals surface area contributed by atoms with Gasteiger partial charge in [-0.15, -0.1) is 0 Å². The summed E-state index contributed by atoms with van der Waals surface area (Å²) in [5, 5.41) is 5.05. The first kappa shape index (κ1) is 17.9. The Labute approximate surface area is 155 Å². The van der Waals surface area contributed by atoms with E-state index < -0.39 is 10.3 Å². The van der Waals surface area contributed by atoms with E-state index in [0.717, 1.165) is 18.8 Å². The molecule has 6 heteroatoms. The van der Waals surface area contributed by atoms with Gasteiger partial charge in [0.15, 0.2) is 11.5 Å². The van der Waals surface area contributed by atoms with Gasteiger partial charge in [-0.3, -0.25) is 0 Å². The minimum Gasteiger partial charge on any atom is -0.493 e. The molecule has 3 aliphatic rings. The van der Waals surface area contributed by atoms with Crippen LogP contribution in [0.15, 0.2) is 24.3 Å². The molecule has 1 aromatic rings. The molecule has 4 rings (SSSR count). The molecule has 0 amide bonds. The lowest BCUT2D eigenvalue weighted by molar-refractivity contribution is 0.0653. The molecule has 1 aromatic carbocycles. The van der Waals surface area contributed by atoms with Crippen LogP contribution >= 0.6 is 0 Å². The maximum Gasteiger partial charge on any atom is 0.380 e. The largest absolute Gasteiger partial charge is 0.493 e. The van der Waals surface area contributed by atoms with Crippen molar-refractivity contribution in [2.24, 2.45) is 22.4 Å². The topological polar surface area (TPSA) is 78.6 Å². The first-order valence-corrected chi connectivity index (χ1v) is 10.9. The molecule has 0 radical (unpaired) electrons. The average molecular weight is 378 g/mol. The first-order chi connectivity index (χ1) is 12.4. The zero-order valence-corrected chi connectivity index (χ0v) is 16.2. The fourth-order valence-electron chi connectivity index (χ4n) is 5.79. The Morgan fingerprint density at radius 1 is 1.27 bits per heavy atom. The number of benzene rings is 1. The Balaban J connectivity index is 1.71. The monoisotopic (exact) mass is 377 g/mol. The maximum absolute atomic E-state index is 11.4. The summed E-state index contributed by atoms with van der Waals surface area (Å²) in [5.41, 5.74) is 2.86. The highest BCUT2D eigenvalue weighted by atomic mass is 32.2. The molecule has 3 aliphatic carbocycles. The van der Waals surface area contributed by atoms with E-state index in [-0.39, 0.29) is 5.75 Å². The van der Waals surface area contributed by atoms with Crippen LogP contribution in [0.4, 0.5) is 0 Å².